The van der Waals surface area contributed by atoms with E-state index < -0.39 is 0 Å². The number of fused-ring (bicyclic) bond motifs is 1. The third kappa shape index (κ3) is 4.41. The monoisotopic (exact) mass is 493 g/mol. The average Bonchev–Trinajstić information content (AvgIpc) is 3.23. The smallest absolute Gasteiger partial charge is 0.264 e. The zero-order valence-corrected chi connectivity index (χ0v) is 20.3. The van der Waals surface area contributed by atoms with Crippen LogP contribution in [-0.4, -0.2) is 95.9 Å². The first-order valence-corrected chi connectivity index (χ1v) is 12.8. The molecule has 1 atom stereocenters. The molecule has 0 aromatic carbocycles. The number of aliphatic imine (C=N–C) groups is 2. The Bertz CT molecular complexity index is 1220. The molecule has 35 heavy (non-hydrogen) atoms. The fourth-order valence-corrected chi connectivity index (χ4v) is 5.47. The molecule has 1 aromatic heterocycles. The lowest BCUT2D eigenvalue weighted by atomic mass is 10.1. The number of piperazine rings is 1. The fourth-order valence-electron chi connectivity index (χ4n) is 4.60. The van der Waals surface area contributed by atoms with Crippen molar-refractivity contribution in [2.24, 2.45) is 9.98 Å². The van der Waals surface area contributed by atoms with Gasteiger partial charge in [-0.05, 0) is 38.1 Å². The van der Waals surface area contributed by atoms with Crippen molar-refractivity contribution in [2.75, 3.05) is 39.8 Å². The summed E-state index contributed by atoms with van der Waals surface area (Å²) in [5.41, 5.74) is 6.48. The standard InChI is InChI=1S/C24H27N7O3S/c1-29-4-6-30(7-5-29)24(34)20-9-15(13-35-20)18-11-19(26-16-2-3-16)22-25-12-17(31(22)28-18)8-14-10-21(32)27-23(14)33/h8-9,11,13,16-17,28H,2-7,10,12H2,1H3,(H,27,32,33)/b14-8+,26-19?. The van der Waals surface area contributed by atoms with Gasteiger partial charge in [0.25, 0.3) is 11.8 Å². The second kappa shape index (κ2) is 8.72. The maximum atomic E-state index is 13.1. The van der Waals surface area contributed by atoms with Gasteiger partial charge in [-0.3, -0.25) is 40.1 Å². The molecular weight excluding hydrogens is 466 g/mol. The Balaban J connectivity index is 1.26. The van der Waals surface area contributed by atoms with Crippen LogP contribution in [0.3, 0.4) is 0 Å². The van der Waals surface area contributed by atoms with Gasteiger partial charge >= 0.3 is 0 Å². The maximum absolute atomic E-state index is 13.1. The van der Waals surface area contributed by atoms with Crippen LogP contribution in [0, 0.1) is 0 Å². The molecule has 0 bridgehead atoms. The minimum atomic E-state index is -0.340. The highest BCUT2D eigenvalue weighted by Gasteiger charge is 2.36. The minimum Gasteiger partial charge on any atom is -0.335 e. The predicted octanol–water partition coefficient (Wildman–Crippen LogP) is 0.654. The highest BCUT2D eigenvalue weighted by Crippen LogP contribution is 2.30. The fraction of sp³-hybridized carbons (Fsp3) is 0.458. The number of hydrazine groups is 1. The SMILES string of the molecule is CN1CCN(C(=O)c2cc(C3=CC(=NC4CC4)C4=NCC(/C=C5\CC(=O)NC5=O)N4N3)cs2)CC1. The number of likely N-dealkylation sites (N-methyl/N-ethyl adjacent to an activating group) is 1. The number of nitrogens with one attached hydrogen (secondary N) is 2. The molecule has 1 aliphatic carbocycles. The summed E-state index contributed by atoms with van der Waals surface area (Å²) < 4.78 is 0. The van der Waals surface area contributed by atoms with Crippen LogP contribution in [0.25, 0.3) is 5.70 Å². The molecule has 0 radical (unpaired) electrons. The zero-order valence-electron chi connectivity index (χ0n) is 19.5. The maximum Gasteiger partial charge on any atom is 0.264 e. The van der Waals surface area contributed by atoms with E-state index in [0.717, 1.165) is 61.8 Å². The number of hydrogen-bond acceptors (Lipinski definition) is 9. The summed E-state index contributed by atoms with van der Waals surface area (Å²) in [4.78, 5) is 51.2. The normalized spacial score (nSPS) is 27.2. The van der Waals surface area contributed by atoms with E-state index in [1.54, 1.807) is 0 Å². The van der Waals surface area contributed by atoms with E-state index in [0.29, 0.717) is 23.0 Å². The second-order valence-electron chi connectivity index (χ2n) is 9.56. The molecule has 5 aliphatic rings. The van der Waals surface area contributed by atoms with Gasteiger partial charge in [-0.25, -0.2) is 0 Å². The van der Waals surface area contributed by atoms with Crippen molar-refractivity contribution >= 4 is 46.3 Å². The Morgan fingerprint density at radius 1 is 1.23 bits per heavy atom. The molecule has 10 nitrogen and oxygen atoms in total. The van der Waals surface area contributed by atoms with Gasteiger partial charge < -0.3 is 9.80 Å². The van der Waals surface area contributed by atoms with Gasteiger partial charge in [0.15, 0.2) is 5.84 Å². The Morgan fingerprint density at radius 3 is 2.74 bits per heavy atom. The van der Waals surface area contributed by atoms with Gasteiger partial charge in [-0.1, -0.05) is 0 Å². The molecule has 3 fully saturated rings. The van der Waals surface area contributed by atoms with Crippen molar-refractivity contribution in [3.05, 3.63) is 39.6 Å². The summed E-state index contributed by atoms with van der Waals surface area (Å²) in [6.45, 7) is 3.71. The van der Waals surface area contributed by atoms with Crippen molar-refractivity contribution in [3.8, 4) is 0 Å². The molecule has 6 rings (SSSR count). The summed E-state index contributed by atoms with van der Waals surface area (Å²) in [5, 5.41) is 6.26. The Morgan fingerprint density at radius 2 is 2.03 bits per heavy atom. The van der Waals surface area contributed by atoms with Crippen molar-refractivity contribution in [1.82, 2.24) is 25.6 Å². The topological polar surface area (TPSA) is 110 Å². The third-order valence-corrected chi connectivity index (χ3v) is 7.73. The molecule has 182 valence electrons. The van der Waals surface area contributed by atoms with Crippen LogP contribution in [0.4, 0.5) is 0 Å². The largest absolute Gasteiger partial charge is 0.335 e. The van der Waals surface area contributed by atoms with Crippen LogP contribution in [0.15, 0.2) is 39.2 Å². The van der Waals surface area contributed by atoms with Crippen LogP contribution < -0.4 is 10.7 Å². The van der Waals surface area contributed by atoms with Gasteiger partial charge in [0.05, 0.1) is 35.6 Å². The average molecular weight is 494 g/mol. The molecule has 4 aliphatic heterocycles. The minimum absolute atomic E-state index is 0.0700. The lowest BCUT2D eigenvalue weighted by Crippen LogP contribution is -2.50. The van der Waals surface area contributed by atoms with E-state index in [-0.39, 0.29) is 30.2 Å². The van der Waals surface area contributed by atoms with Crippen LogP contribution in [0.2, 0.25) is 0 Å². The summed E-state index contributed by atoms with van der Waals surface area (Å²) in [5.74, 6) is 0.198. The molecular formula is C24H27N7O3S. The van der Waals surface area contributed by atoms with Gasteiger partial charge in [0.1, 0.15) is 5.71 Å². The zero-order chi connectivity index (χ0) is 24.1. The number of amides is 3. The lowest BCUT2D eigenvalue weighted by Gasteiger charge is -2.32. The van der Waals surface area contributed by atoms with Crippen LogP contribution in [0.5, 0.6) is 0 Å². The molecule has 3 amide bonds. The number of thiophene rings is 1. The first-order chi connectivity index (χ1) is 16.9. The van der Waals surface area contributed by atoms with E-state index in [2.05, 4.69) is 22.7 Å². The van der Waals surface area contributed by atoms with Crippen molar-refractivity contribution in [1.29, 1.82) is 0 Å². The predicted molar refractivity (Wildman–Crippen MR) is 133 cm³/mol. The number of carbonyl (C=O) groups is 3. The number of rotatable bonds is 4. The third-order valence-electron chi connectivity index (χ3n) is 6.81. The number of carbonyl (C=O) groups excluding carboxylic acids is 3. The van der Waals surface area contributed by atoms with Crippen molar-refractivity contribution in [3.63, 3.8) is 0 Å². The van der Waals surface area contributed by atoms with Gasteiger partial charge in [0, 0.05) is 42.7 Å². The molecule has 1 unspecified atom stereocenters. The molecule has 5 heterocycles. The molecule has 11 heteroatoms. The van der Waals surface area contributed by atoms with E-state index in [1.807, 2.05) is 33.5 Å². The van der Waals surface area contributed by atoms with Crippen molar-refractivity contribution < 1.29 is 14.4 Å². The number of hydrogen-bond donors (Lipinski definition) is 2. The van der Waals surface area contributed by atoms with Crippen LogP contribution in [0.1, 0.15) is 34.5 Å². The summed E-state index contributed by atoms with van der Waals surface area (Å²) in [6, 6.07) is 2.04. The van der Waals surface area contributed by atoms with E-state index in [1.165, 1.54) is 11.3 Å². The molecule has 1 aromatic rings. The lowest BCUT2D eigenvalue weighted by molar-refractivity contribution is -0.124. The summed E-state index contributed by atoms with van der Waals surface area (Å²) in [6.07, 6.45) is 6.06. The van der Waals surface area contributed by atoms with Gasteiger partial charge in [-0.15, -0.1) is 11.3 Å². The Labute approximate surface area is 207 Å². The molecule has 0 spiro atoms. The first kappa shape index (κ1) is 22.2. The summed E-state index contributed by atoms with van der Waals surface area (Å²) in [7, 11) is 2.07. The van der Waals surface area contributed by atoms with Gasteiger partial charge in [-0.2, -0.15) is 0 Å². The van der Waals surface area contributed by atoms with Crippen LogP contribution >= 0.6 is 11.3 Å². The van der Waals surface area contributed by atoms with E-state index in [9.17, 15) is 14.4 Å². The van der Waals surface area contributed by atoms with Crippen molar-refractivity contribution in [2.45, 2.75) is 31.3 Å². The van der Waals surface area contributed by atoms with E-state index in [4.69, 9.17) is 9.98 Å². The molecule has 2 saturated heterocycles. The van der Waals surface area contributed by atoms with E-state index >= 15 is 0 Å². The van der Waals surface area contributed by atoms with Crippen LogP contribution in [-0.2, 0) is 9.59 Å². The quantitative estimate of drug-likeness (QED) is 0.471. The number of imide groups is 1. The second-order valence-corrected chi connectivity index (χ2v) is 10.5. The summed E-state index contributed by atoms with van der Waals surface area (Å²) >= 11 is 1.45. The first-order valence-electron chi connectivity index (χ1n) is 12.0. The molecule has 1 saturated carbocycles. The molecule has 2 N–H and O–H groups in total. The number of amidine groups is 1. The van der Waals surface area contributed by atoms with Gasteiger partial charge in [0.2, 0.25) is 5.91 Å². The highest BCUT2D eigenvalue weighted by atomic mass is 32.1. The highest BCUT2D eigenvalue weighted by molar-refractivity contribution is 7.12. The number of nitrogens with zero attached hydrogens (tertiary/aromatic N) is 5. The Kier molecular flexibility index (Phi) is 5.53. The Hall–Kier alpha value is -3.31.